The SMILES string of the molecule is CCCCCCNC(=O)CCN(CC[NH+]1CCOCC1)C(=O)c1cnc(C)cn1. The fourth-order valence-corrected chi connectivity index (χ4v) is 3.29. The van der Waals surface area contributed by atoms with Gasteiger partial charge >= 0.3 is 0 Å². The Hall–Kier alpha value is -2.06. The highest BCUT2D eigenvalue weighted by molar-refractivity contribution is 5.92. The zero-order valence-electron chi connectivity index (χ0n) is 17.9. The van der Waals surface area contributed by atoms with Crippen LogP contribution in [0.25, 0.3) is 0 Å². The number of carbonyl (C=O) groups excluding carboxylic acids is 2. The van der Waals surface area contributed by atoms with Crippen LogP contribution in [0.3, 0.4) is 0 Å². The fourth-order valence-electron chi connectivity index (χ4n) is 3.29. The minimum atomic E-state index is -0.166. The number of quaternary nitrogens is 1. The number of nitrogens with zero attached hydrogens (tertiary/aromatic N) is 3. The van der Waals surface area contributed by atoms with Gasteiger partial charge in [-0.15, -0.1) is 0 Å². The van der Waals surface area contributed by atoms with Gasteiger partial charge < -0.3 is 19.9 Å². The molecule has 0 aliphatic carbocycles. The van der Waals surface area contributed by atoms with Crippen LogP contribution in [0.4, 0.5) is 0 Å². The van der Waals surface area contributed by atoms with Crippen LogP contribution in [0.2, 0.25) is 0 Å². The van der Waals surface area contributed by atoms with Gasteiger partial charge in [-0.05, 0) is 13.3 Å². The van der Waals surface area contributed by atoms with E-state index in [4.69, 9.17) is 4.74 Å². The maximum Gasteiger partial charge on any atom is 0.274 e. The van der Waals surface area contributed by atoms with Crippen molar-refractivity contribution in [3.05, 3.63) is 23.8 Å². The van der Waals surface area contributed by atoms with Crippen LogP contribution in [0, 0.1) is 6.92 Å². The quantitative estimate of drug-likeness (QED) is 0.485. The normalized spacial score (nSPS) is 14.6. The Morgan fingerprint density at radius 1 is 1.14 bits per heavy atom. The monoisotopic (exact) mass is 406 g/mol. The summed E-state index contributed by atoms with van der Waals surface area (Å²) in [5, 5.41) is 2.96. The Morgan fingerprint density at radius 2 is 1.93 bits per heavy atom. The van der Waals surface area contributed by atoms with Crippen molar-refractivity contribution in [3.8, 4) is 0 Å². The Kier molecular flexibility index (Phi) is 10.6. The molecule has 1 saturated heterocycles. The van der Waals surface area contributed by atoms with Gasteiger partial charge in [0.2, 0.25) is 5.91 Å². The van der Waals surface area contributed by atoms with E-state index in [9.17, 15) is 9.59 Å². The predicted octanol–water partition coefficient (Wildman–Crippen LogP) is 0.229. The first kappa shape index (κ1) is 23.2. The first-order chi connectivity index (χ1) is 14.1. The molecular weight excluding hydrogens is 370 g/mol. The molecule has 1 aromatic heterocycles. The summed E-state index contributed by atoms with van der Waals surface area (Å²) in [6.07, 6.45) is 7.92. The molecule has 0 saturated carbocycles. The number of hydrogen-bond donors (Lipinski definition) is 2. The molecule has 162 valence electrons. The van der Waals surface area contributed by atoms with Gasteiger partial charge in [-0.25, -0.2) is 4.98 Å². The summed E-state index contributed by atoms with van der Waals surface area (Å²) in [5.74, 6) is -0.172. The summed E-state index contributed by atoms with van der Waals surface area (Å²) in [7, 11) is 0. The molecule has 29 heavy (non-hydrogen) atoms. The van der Waals surface area contributed by atoms with E-state index >= 15 is 0 Å². The number of morpholine rings is 1. The fraction of sp³-hybridized carbons (Fsp3) is 0.714. The first-order valence-corrected chi connectivity index (χ1v) is 10.9. The zero-order chi connectivity index (χ0) is 20.9. The van der Waals surface area contributed by atoms with E-state index in [0.29, 0.717) is 31.7 Å². The number of rotatable bonds is 12. The van der Waals surface area contributed by atoms with Crippen LogP contribution >= 0.6 is 0 Å². The summed E-state index contributed by atoms with van der Waals surface area (Å²) in [5.41, 5.74) is 1.10. The topological polar surface area (TPSA) is 88.9 Å². The standard InChI is InChI=1S/C21H35N5O3/c1-3-4-5-6-8-22-20(27)7-9-26(11-10-25-12-14-29-15-13-25)21(28)19-17-23-18(2)16-24-19/h16-17H,3-15H2,1-2H3,(H,22,27)/p+1. The molecular formula is C21H36N5O3+. The van der Waals surface area contributed by atoms with Gasteiger partial charge in [0.05, 0.1) is 38.2 Å². The molecule has 0 radical (unpaired) electrons. The zero-order valence-corrected chi connectivity index (χ0v) is 17.9. The van der Waals surface area contributed by atoms with Crippen molar-refractivity contribution in [3.63, 3.8) is 0 Å². The number of unbranched alkanes of at least 4 members (excludes halogenated alkanes) is 3. The lowest BCUT2D eigenvalue weighted by atomic mass is 10.2. The highest BCUT2D eigenvalue weighted by atomic mass is 16.5. The maximum atomic E-state index is 12.9. The van der Waals surface area contributed by atoms with Gasteiger partial charge in [0.1, 0.15) is 18.8 Å². The van der Waals surface area contributed by atoms with E-state index in [1.807, 2.05) is 6.92 Å². The largest absolute Gasteiger partial charge is 0.370 e. The number of nitrogens with one attached hydrogen (secondary N) is 2. The minimum absolute atomic E-state index is 0.00647. The van der Waals surface area contributed by atoms with Crippen molar-refractivity contribution < 1.29 is 19.2 Å². The lowest BCUT2D eigenvalue weighted by molar-refractivity contribution is -0.907. The Labute approximate surface area is 174 Å². The van der Waals surface area contributed by atoms with Crippen LogP contribution in [0.1, 0.15) is 55.2 Å². The molecule has 1 fully saturated rings. The van der Waals surface area contributed by atoms with Gasteiger partial charge in [-0.2, -0.15) is 0 Å². The van der Waals surface area contributed by atoms with E-state index in [0.717, 1.165) is 51.4 Å². The van der Waals surface area contributed by atoms with Gasteiger partial charge in [0.15, 0.2) is 0 Å². The second-order valence-electron chi connectivity index (χ2n) is 7.61. The van der Waals surface area contributed by atoms with Gasteiger partial charge in [-0.1, -0.05) is 26.2 Å². The average Bonchev–Trinajstić information content (AvgIpc) is 2.74. The van der Waals surface area contributed by atoms with Crippen LogP contribution in [-0.4, -0.2) is 79.2 Å². The van der Waals surface area contributed by atoms with Gasteiger partial charge in [0.25, 0.3) is 5.91 Å². The second-order valence-corrected chi connectivity index (χ2v) is 7.61. The summed E-state index contributed by atoms with van der Waals surface area (Å²) in [6, 6.07) is 0. The van der Waals surface area contributed by atoms with E-state index in [-0.39, 0.29) is 11.8 Å². The summed E-state index contributed by atoms with van der Waals surface area (Å²) in [6.45, 7) is 9.94. The van der Waals surface area contributed by atoms with Crippen molar-refractivity contribution in [1.29, 1.82) is 0 Å². The van der Waals surface area contributed by atoms with Crippen LogP contribution in [0.5, 0.6) is 0 Å². The van der Waals surface area contributed by atoms with Crippen molar-refractivity contribution in [2.45, 2.75) is 46.0 Å². The van der Waals surface area contributed by atoms with Crippen molar-refractivity contribution in [1.82, 2.24) is 20.2 Å². The van der Waals surface area contributed by atoms with E-state index in [2.05, 4.69) is 22.2 Å². The predicted molar refractivity (Wildman–Crippen MR) is 111 cm³/mol. The molecule has 2 N–H and O–H groups in total. The Balaban J connectivity index is 1.86. The third kappa shape index (κ3) is 8.87. The molecule has 1 aliphatic rings. The van der Waals surface area contributed by atoms with E-state index < -0.39 is 0 Å². The van der Waals surface area contributed by atoms with Gasteiger partial charge in [0, 0.05) is 25.7 Å². The molecule has 2 heterocycles. The smallest absolute Gasteiger partial charge is 0.274 e. The lowest BCUT2D eigenvalue weighted by Gasteiger charge is -2.27. The first-order valence-electron chi connectivity index (χ1n) is 10.9. The third-order valence-corrected chi connectivity index (χ3v) is 5.18. The van der Waals surface area contributed by atoms with E-state index in [1.54, 1.807) is 11.1 Å². The maximum absolute atomic E-state index is 12.9. The lowest BCUT2D eigenvalue weighted by Crippen LogP contribution is -3.14. The number of aryl methyl sites for hydroxylation is 1. The molecule has 0 aromatic carbocycles. The number of hydrogen-bond acceptors (Lipinski definition) is 5. The number of aromatic nitrogens is 2. The molecule has 1 aromatic rings. The number of carbonyl (C=O) groups is 2. The van der Waals surface area contributed by atoms with Crippen LogP contribution < -0.4 is 10.2 Å². The number of amides is 2. The van der Waals surface area contributed by atoms with Gasteiger partial charge in [-0.3, -0.25) is 14.6 Å². The second kappa shape index (κ2) is 13.2. The molecule has 1 aliphatic heterocycles. The average molecular weight is 407 g/mol. The molecule has 8 heteroatoms. The molecule has 8 nitrogen and oxygen atoms in total. The van der Waals surface area contributed by atoms with E-state index in [1.165, 1.54) is 23.9 Å². The highest BCUT2D eigenvalue weighted by Crippen LogP contribution is 2.03. The van der Waals surface area contributed by atoms with Crippen molar-refractivity contribution in [2.75, 3.05) is 52.5 Å². The molecule has 0 spiro atoms. The van der Waals surface area contributed by atoms with Crippen molar-refractivity contribution >= 4 is 11.8 Å². The summed E-state index contributed by atoms with van der Waals surface area (Å²) < 4.78 is 5.40. The third-order valence-electron chi connectivity index (χ3n) is 5.18. The molecule has 0 atom stereocenters. The molecule has 0 unspecified atom stereocenters. The van der Waals surface area contributed by atoms with Crippen LogP contribution in [-0.2, 0) is 9.53 Å². The van der Waals surface area contributed by atoms with Crippen LogP contribution in [0.15, 0.2) is 12.4 Å². The van der Waals surface area contributed by atoms with Crippen molar-refractivity contribution in [2.24, 2.45) is 0 Å². The number of ether oxygens (including phenoxy) is 1. The summed E-state index contributed by atoms with van der Waals surface area (Å²) in [4.78, 5) is 36.7. The molecule has 2 rings (SSSR count). The Morgan fingerprint density at radius 3 is 2.62 bits per heavy atom. The molecule has 0 bridgehead atoms. The highest BCUT2D eigenvalue weighted by Gasteiger charge is 2.21. The Bertz CT molecular complexity index is 617. The minimum Gasteiger partial charge on any atom is -0.370 e. The summed E-state index contributed by atoms with van der Waals surface area (Å²) >= 11 is 0. The molecule has 2 amide bonds.